The fraction of sp³-hybridized carbons (Fsp3) is 0.409. The summed E-state index contributed by atoms with van der Waals surface area (Å²) in [4.78, 5) is 15.4. The molecule has 162 valence electrons. The molecule has 2 aliphatic rings. The number of hydrogen-bond acceptors (Lipinski definition) is 6. The van der Waals surface area contributed by atoms with E-state index in [0.29, 0.717) is 24.1 Å². The van der Waals surface area contributed by atoms with Gasteiger partial charge >= 0.3 is 0 Å². The second kappa shape index (κ2) is 7.36. The number of carbonyl (C=O) groups excluding carboxylic acids is 1. The van der Waals surface area contributed by atoms with Crippen LogP contribution in [0.15, 0.2) is 41.3 Å². The van der Waals surface area contributed by atoms with Crippen molar-refractivity contribution in [2.24, 2.45) is 0 Å². The van der Waals surface area contributed by atoms with Crippen molar-refractivity contribution in [1.29, 1.82) is 0 Å². The first-order chi connectivity index (χ1) is 14.8. The second-order valence-electron chi connectivity index (χ2n) is 8.54. The van der Waals surface area contributed by atoms with Gasteiger partial charge in [-0.3, -0.25) is 4.79 Å². The molecule has 2 fully saturated rings. The summed E-state index contributed by atoms with van der Waals surface area (Å²) < 4.78 is 36.3. The predicted molar refractivity (Wildman–Crippen MR) is 120 cm³/mol. The zero-order chi connectivity index (χ0) is 21.8. The number of piperazine rings is 1. The lowest BCUT2D eigenvalue weighted by Gasteiger charge is -2.36. The standard InChI is InChI=1S/C22H24N4O3S2/c1-15-12-16(2)14-17(13-15)22(6-7-22)21(27)25-8-10-26(11-9-25)31(28,29)19-5-3-4-18-20(19)24-30-23-18/h3-5,12-14H,6-11H2,1-2H3. The maximum Gasteiger partial charge on any atom is 0.245 e. The van der Waals surface area contributed by atoms with E-state index in [2.05, 4.69) is 40.8 Å². The molecule has 3 aromatic rings. The van der Waals surface area contributed by atoms with E-state index in [4.69, 9.17) is 0 Å². The Balaban J connectivity index is 1.33. The number of fused-ring (bicyclic) bond motifs is 1. The minimum absolute atomic E-state index is 0.125. The molecule has 9 heteroatoms. The number of carbonyl (C=O) groups is 1. The normalized spacial score (nSPS) is 19.0. The summed E-state index contributed by atoms with van der Waals surface area (Å²) in [6, 6.07) is 11.4. The van der Waals surface area contributed by atoms with Gasteiger partial charge in [-0.15, -0.1) is 0 Å². The van der Waals surface area contributed by atoms with Crippen molar-refractivity contribution in [2.75, 3.05) is 26.2 Å². The smallest absolute Gasteiger partial charge is 0.245 e. The summed E-state index contributed by atoms with van der Waals surface area (Å²) in [6.45, 7) is 5.47. The molecule has 0 unspecified atom stereocenters. The number of aryl methyl sites for hydroxylation is 2. The number of aromatic nitrogens is 2. The van der Waals surface area contributed by atoms with Crippen molar-refractivity contribution < 1.29 is 13.2 Å². The van der Waals surface area contributed by atoms with Gasteiger partial charge in [-0.25, -0.2) is 8.42 Å². The number of sulfonamides is 1. The summed E-state index contributed by atoms with van der Waals surface area (Å²) in [5, 5.41) is 0. The van der Waals surface area contributed by atoms with E-state index in [-0.39, 0.29) is 23.9 Å². The van der Waals surface area contributed by atoms with Crippen molar-refractivity contribution in [2.45, 2.75) is 37.0 Å². The molecule has 1 aliphatic carbocycles. The first-order valence-electron chi connectivity index (χ1n) is 10.4. The van der Waals surface area contributed by atoms with Crippen molar-refractivity contribution in [3.63, 3.8) is 0 Å². The van der Waals surface area contributed by atoms with Gasteiger partial charge in [0.15, 0.2) is 0 Å². The third-order valence-corrected chi connectivity index (χ3v) is 8.80. The highest BCUT2D eigenvalue weighted by atomic mass is 32.2. The van der Waals surface area contributed by atoms with Crippen LogP contribution in [0.2, 0.25) is 0 Å². The van der Waals surface area contributed by atoms with Crippen molar-refractivity contribution in [3.8, 4) is 0 Å². The molecule has 1 amide bonds. The van der Waals surface area contributed by atoms with Gasteiger partial charge in [0.05, 0.1) is 17.1 Å². The largest absolute Gasteiger partial charge is 0.339 e. The first kappa shape index (κ1) is 20.5. The van der Waals surface area contributed by atoms with Gasteiger partial charge in [-0.1, -0.05) is 35.4 Å². The van der Waals surface area contributed by atoms with Crippen molar-refractivity contribution >= 4 is 38.7 Å². The molecule has 7 nitrogen and oxygen atoms in total. The summed E-state index contributed by atoms with van der Waals surface area (Å²) in [5.74, 6) is 0.125. The summed E-state index contributed by atoms with van der Waals surface area (Å²) in [6.07, 6.45) is 1.71. The average molecular weight is 457 g/mol. The lowest BCUT2D eigenvalue weighted by molar-refractivity contribution is -0.135. The first-order valence-corrected chi connectivity index (χ1v) is 12.6. The third-order valence-electron chi connectivity index (χ3n) is 6.33. The van der Waals surface area contributed by atoms with Gasteiger partial charge in [-0.05, 0) is 44.4 Å². The van der Waals surface area contributed by atoms with Gasteiger partial charge in [0.2, 0.25) is 15.9 Å². The van der Waals surface area contributed by atoms with Gasteiger partial charge in [0, 0.05) is 26.2 Å². The van der Waals surface area contributed by atoms with Crippen molar-refractivity contribution in [1.82, 2.24) is 18.0 Å². The maximum atomic E-state index is 13.4. The number of hydrogen-bond donors (Lipinski definition) is 0. The highest BCUT2D eigenvalue weighted by Gasteiger charge is 2.53. The van der Waals surface area contributed by atoms with E-state index in [9.17, 15) is 13.2 Å². The van der Waals surface area contributed by atoms with Crippen LogP contribution in [0.1, 0.15) is 29.5 Å². The molecule has 1 saturated heterocycles. The fourth-order valence-electron chi connectivity index (χ4n) is 4.56. The number of amides is 1. The van der Waals surface area contributed by atoms with Gasteiger partial charge in [0.1, 0.15) is 15.9 Å². The Morgan fingerprint density at radius 1 is 1.00 bits per heavy atom. The van der Waals surface area contributed by atoms with Gasteiger partial charge in [-0.2, -0.15) is 13.1 Å². The van der Waals surface area contributed by atoms with E-state index in [1.807, 2.05) is 4.90 Å². The highest BCUT2D eigenvalue weighted by Crippen LogP contribution is 2.50. The molecular formula is C22H24N4O3S2. The molecule has 2 heterocycles. The fourth-order valence-corrected chi connectivity index (χ4v) is 6.74. The monoisotopic (exact) mass is 456 g/mol. The summed E-state index contributed by atoms with van der Waals surface area (Å²) in [7, 11) is -3.69. The molecule has 31 heavy (non-hydrogen) atoms. The Bertz CT molecular complexity index is 1250. The molecule has 0 N–H and O–H groups in total. The van der Waals surface area contributed by atoms with E-state index >= 15 is 0 Å². The Kier molecular flexibility index (Phi) is 4.87. The predicted octanol–water partition coefficient (Wildman–Crippen LogP) is 2.87. The van der Waals surface area contributed by atoms with Gasteiger partial charge in [0.25, 0.3) is 0 Å². The zero-order valence-electron chi connectivity index (χ0n) is 17.5. The van der Waals surface area contributed by atoms with Crippen LogP contribution in [0, 0.1) is 13.8 Å². The Hall–Kier alpha value is -2.36. The highest BCUT2D eigenvalue weighted by molar-refractivity contribution is 7.89. The molecule has 0 atom stereocenters. The summed E-state index contributed by atoms with van der Waals surface area (Å²) in [5.41, 5.74) is 3.98. The molecule has 5 rings (SSSR count). The van der Waals surface area contributed by atoms with Crippen LogP contribution in [0.5, 0.6) is 0 Å². The van der Waals surface area contributed by atoms with Crippen molar-refractivity contribution in [3.05, 3.63) is 53.1 Å². The molecule has 0 bridgehead atoms. The molecule has 0 radical (unpaired) electrons. The minimum atomic E-state index is -3.69. The van der Waals surface area contributed by atoms with E-state index in [1.54, 1.807) is 18.2 Å². The quantitative estimate of drug-likeness (QED) is 0.603. The molecular weight excluding hydrogens is 432 g/mol. The zero-order valence-corrected chi connectivity index (χ0v) is 19.2. The third kappa shape index (κ3) is 3.44. The number of nitrogens with zero attached hydrogens (tertiary/aromatic N) is 4. The maximum absolute atomic E-state index is 13.4. The SMILES string of the molecule is Cc1cc(C)cc(C2(C(=O)N3CCN(S(=O)(=O)c4cccc5nsnc45)CC3)CC2)c1. The van der Waals surface area contributed by atoms with Crippen LogP contribution in [-0.2, 0) is 20.2 Å². The number of rotatable bonds is 4. The molecule has 1 saturated carbocycles. The Morgan fingerprint density at radius 3 is 2.32 bits per heavy atom. The van der Waals surface area contributed by atoms with E-state index in [0.717, 1.165) is 41.3 Å². The van der Waals surface area contributed by atoms with Crippen LogP contribution < -0.4 is 0 Å². The van der Waals surface area contributed by atoms with Crippen LogP contribution in [0.3, 0.4) is 0 Å². The Morgan fingerprint density at radius 2 is 1.68 bits per heavy atom. The lowest BCUT2D eigenvalue weighted by atomic mass is 9.91. The molecule has 1 aromatic heterocycles. The summed E-state index contributed by atoms with van der Waals surface area (Å²) >= 11 is 1.01. The number of benzene rings is 2. The topological polar surface area (TPSA) is 83.5 Å². The van der Waals surface area contributed by atoms with Crippen LogP contribution >= 0.6 is 11.7 Å². The van der Waals surface area contributed by atoms with Gasteiger partial charge < -0.3 is 4.90 Å². The molecule has 1 aliphatic heterocycles. The Labute approximate surface area is 186 Å². The van der Waals surface area contributed by atoms with E-state index < -0.39 is 15.4 Å². The minimum Gasteiger partial charge on any atom is -0.339 e. The van der Waals surface area contributed by atoms with Crippen LogP contribution in [0.25, 0.3) is 11.0 Å². The van der Waals surface area contributed by atoms with Crippen LogP contribution in [0.4, 0.5) is 0 Å². The molecule has 2 aromatic carbocycles. The molecule has 0 spiro atoms. The van der Waals surface area contributed by atoms with E-state index in [1.165, 1.54) is 4.31 Å². The van der Waals surface area contributed by atoms with Crippen LogP contribution in [-0.4, -0.2) is 58.5 Å². The average Bonchev–Trinajstić information content (AvgIpc) is 3.42. The second-order valence-corrected chi connectivity index (χ2v) is 11.0. The lowest BCUT2D eigenvalue weighted by Crippen LogP contribution is -2.52.